The lowest BCUT2D eigenvalue weighted by Crippen LogP contribution is -2.23. The average Bonchev–Trinajstić information content (AvgIpc) is 2.39. The Hall–Kier alpha value is -1.59. The molecule has 1 N–H and O–H groups in total. The zero-order valence-corrected chi connectivity index (χ0v) is 10.9. The first-order valence-corrected chi connectivity index (χ1v) is 5.94. The topological polar surface area (TPSA) is 56.8 Å². The van der Waals surface area contributed by atoms with Crippen LogP contribution in [-0.4, -0.2) is 26.4 Å². The van der Waals surface area contributed by atoms with E-state index < -0.39 is 12.4 Å². The van der Waals surface area contributed by atoms with E-state index in [4.69, 9.17) is 14.2 Å². The molecule has 0 aliphatic carbocycles. The smallest absolute Gasteiger partial charge is 0.410 e. The fourth-order valence-electron chi connectivity index (χ4n) is 1.45. The number of rotatable bonds is 6. The first kappa shape index (κ1) is 14.5. The van der Waals surface area contributed by atoms with Crippen LogP contribution in [0.3, 0.4) is 0 Å². The third-order valence-electron chi connectivity index (χ3n) is 2.22. The van der Waals surface area contributed by atoms with E-state index in [9.17, 15) is 4.79 Å². The van der Waals surface area contributed by atoms with E-state index in [1.807, 2.05) is 26.0 Å². The largest absolute Gasteiger partial charge is 0.412 e. The van der Waals surface area contributed by atoms with Crippen LogP contribution in [0.5, 0.6) is 5.75 Å². The lowest BCUT2D eigenvalue weighted by atomic mass is 10.2. The second-order valence-electron chi connectivity index (χ2n) is 3.42. The molecule has 0 heterocycles. The van der Waals surface area contributed by atoms with E-state index in [0.717, 1.165) is 0 Å². The molecule has 1 rings (SSSR count). The van der Waals surface area contributed by atoms with Gasteiger partial charge in [-0.25, -0.2) is 4.79 Å². The Kier molecular flexibility index (Phi) is 6.18. The van der Waals surface area contributed by atoms with Gasteiger partial charge in [0.25, 0.3) is 0 Å². The summed E-state index contributed by atoms with van der Waals surface area (Å²) in [6.07, 6.45) is -1.05. The van der Waals surface area contributed by atoms with Gasteiger partial charge in [-0.05, 0) is 19.9 Å². The van der Waals surface area contributed by atoms with Crippen LogP contribution in [0.25, 0.3) is 0 Å². The molecule has 1 aromatic rings. The van der Waals surface area contributed by atoms with Gasteiger partial charge in [0, 0.05) is 20.3 Å². The molecule has 18 heavy (non-hydrogen) atoms. The van der Waals surface area contributed by atoms with E-state index in [2.05, 4.69) is 5.32 Å². The van der Waals surface area contributed by atoms with Crippen molar-refractivity contribution in [1.29, 1.82) is 0 Å². The van der Waals surface area contributed by atoms with E-state index in [0.29, 0.717) is 24.5 Å². The molecule has 1 amide bonds. The van der Waals surface area contributed by atoms with Gasteiger partial charge in [-0.1, -0.05) is 18.2 Å². The van der Waals surface area contributed by atoms with Crippen molar-refractivity contribution in [3.63, 3.8) is 0 Å². The SMILES string of the molecule is CCOC(OCC)c1ccccc1OC(=O)NC. The Morgan fingerprint density at radius 2 is 1.83 bits per heavy atom. The Morgan fingerprint density at radius 3 is 2.39 bits per heavy atom. The molecule has 100 valence electrons. The molecule has 0 spiro atoms. The number of nitrogens with one attached hydrogen (secondary N) is 1. The van der Waals surface area contributed by atoms with Gasteiger partial charge in [0.1, 0.15) is 5.75 Å². The van der Waals surface area contributed by atoms with Crippen LogP contribution >= 0.6 is 0 Å². The molecule has 5 nitrogen and oxygen atoms in total. The van der Waals surface area contributed by atoms with Gasteiger partial charge >= 0.3 is 6.09 Å². The molecule has 0 fully saturated rings. The average molecular weight is 253 g/mol. The van der Waals surface area contributed by atoms with Crippen molar-refractivity contribution >= 4 is 6.09 Å². The Bertz CT molecular complexity index is 375. The highest BCUT2D eigenvalue weighted by molar-refractivity contribution is 5.70. The van der Waals surface area contributed by atoms with Gasteiger partial charge in [0.15, 0.2) is 6.29 Å². The number of amides is 1. The number of hydrogen-bond donors (Lipinski definition) is 1. The molecule has 0 aromatic heterocycles. The van der Waals surface area contributed by atoms with Gasteiger partial charge < -0.3 is 19.5 Å². The summed E-state index contributed by atoms with van der Waals surface area (Å²) in [5, 5.41) is 2.40. The lowest BCUT2D eigenvalue weighted by Gasteiger charge is -2.19. The summed E-state index contributed by atoms with van der Waals surface area (Å²) in [6.45, 7) is 4.79. The molecule has 1 aromatic carbocycles. The van der Waals surface area contributed by atoms with Gasteiger partial charge in [-0.2, -0.15) is 0 Å². The van der Waals surface area contributed by atoms with Gasteiger partial charge in [0.05, 0.1) is 5.56 Å². The van der Waals surface area contributed by atoms with Gasteiger partial charge in [-0.3, -0.25) is 0 Å². The van der Waals surface area contributed by atoms with Crippen molar-refractivity contribution in [2.75, 3.05) is 20.3 Å². The maximum Gasteiger partial charge on any atom is 0.412 e. The van der Waals surface area contributed by atoms with E-state index in [-0.39, 0.29) is 0 Å². The molecule has 0 saturated heterocycles. The summed E-state index contributed by atoms with van der Waals surface area (Å²) in [5.41, 5.74) is 0.699. The van der Waals surface area contributed by atoms with Crippen LogP contribution in [0.1, 0.15) is 25.7 Å². The second kappa shape index (κ2) is 7.68. The lowest BCUT2D eigenvalue weighted by molar-refractivity contribution is -0.140. The number of carbonyl (C=O) groups is 1. The third-order valence-corrected chi connectivity index (χ3v) is 2.22. The van der Waals surface area contributed by atoms with E-state index in [1.54, 1.807) is 12.1 Å². The van der Waals surface area contributed by atoms with Crippen molar-refractivity contribution in [3.8, 4) is 5.75 Å². The maximum atomic E-state index is 11.3. The quantitative estimate of drug-likeness (QED) is 0.791. The van der Waals surface area contributed by atoms with Gasteiger partial charge in [0.2, 0.25) is 0 Å². The Morgan fingerprint density at radius 1 is 1.22 bits per heavy atom. The normalized spacial score (nSPS) is 10.4. The molecule has 0 unspecified atom stereocenters. The Balaban J connectivity index is 2.93. The summed E-state index contributed by atoms with van der Waals surface area (Å²) in [4.78, 5) is 11.3. The zero-order chi connectivity index (χ0) is 13.4. The molecule has 0 radical (unpaired) electrons. The molecule has 0 aliphatic heterocycles. The predicted molar refractivity (Wildman–Crippen MR) is 67.5 cm³/mol. The van der Waals surface area contributed by atoms with Crippen molar-refractivity contribution in [2.24, 2.45) is 0 Å². The maximum absolute atomic E-state index is 11.3. The van der Waals surface area contributed by atoms with Crippen molar-refractivity contribution < 1.29 is 19.0 Å². The Labute approximate surface area is 107 Å². The third kappa shape index (κ3) is 4.01. The molecule has 0 saturated carbocycles. The molecular weight excluding hydrogens is 234 g/mol. The van der Waals surface area contributed by atoms with Crippen LogP contribution in [-0.2, 0) is 9.47 Å². The number of hydrogen-bond acceptors (Lipinski definition) is 4. The van der Waals surface area contributed by atoms with Gasteiger partial charge in [-0.15, -0.1) is 0 Å². The molecule has 0 atom stereocenters. The van der Waals surface area contributed by atoms with E-state index in [1.165, 1.54) is 7.05 Å². The summed E-state index contributed by atoms with van der Waals surface area (Å²) >= 11 is 0. The minimum Gasteiger partial charge on any atom is -0.410 e. The number of benzene rings is 1. The second-order valence-corrected chi connectivity index (χ2v) is 3.42. The summed E-state index contributed by atoms with van der Waals surface area (Å²) in [6, 6.07) is 7.15. The number of ether oxygens (including phenoxy) is 3. The van der Waals surface area contributed by atoms with E-state index >= 15 is 0 Å². The number of para-hydroxylation sites is 1. The molecule has 5 heteroatoms. The van der Waals surface area contributed by atoms with Crippen LogP contribution < -0.4 is 10.1 Å². The fraction of sp³-hybridized carbons (Fsp3) is 0.462. The highest BCUT2D eigenvalue weighted by Gasteiger charge is 2.17. The molecule has 0 bridgehead atoms. The number of carbonyl (C=O) groups excluding carboxylic acids is 1. The van der Waals surface area contributed by atoms with Crippen LogP contribution in [0.2, 0.25) is 0 Å². The minimum absolute atomic E-state index is 0.434. The standard InChI is InChI=1S/C13H19NO4/c1-4-16-12(17-5-2)10-8-6-7-9-11(10)18-13(15)14-3/h6-9,12H,4-5H2,1-3H3,(H,14,15). The first-order valence-electron chi connectivity index (χ1n) is 5.94. The predicted octanol–water partition coefficient (Wildman–Crippen LogP) is 2.48. The highest BCUT2D eigenvalue weighted by atomic mass is 16.7. The van der Waals surface area contributed by atoms with Crippen molar-refractivity contribution in [2.45, 2.75) is 20.1 Å². The minimum atomic E-state index is -0.527. The van der Waals surface area contributed by atoms with Crippen LogP contribution in [0, 0.1) is 0 Å². The highest BCUT2D eigenvalue weighted by Crippen LogP contribution is 2.28. The summed E-state index contributed by atoms with van der Waals surface area (Å²) < 4.78 is 16.1. The first-order chi connectivity index (χ1) is 8.72. The van der Waals surface area contributed by atoms with Crippen LogP contribution in [0.15, 0.2) is 24.3 Å². The fourth-order valence-corrected chi connectivity index (χ4v) is 1.45. The summed E-state index contributed by atoms with van der Waals surface area (Å²) in [5.74, 6) is 0.434. The van der Waals surface area contributed by atoms with Crippen LogP contribution in [0.4, 0.5) is 4.79 Å². The van der Waals surface area contributed by atoms with Crippen molar-refractivity contribution in [3.05, 3.63) is 29.8 Å². The molecule has 0 aliphatic rings. The molecular formula is C13H19NO4. The monoisotopic (exact) mass is 253 g/mol. The van der Waals surface area contributed by atoms with Crippen molar-refractivity contribution in [1.82, 2.24) is 5.32 Å². The zero-order valence-electron chi connectivity index (χ0n) is 10.9. The summed E-state index contributed by atoms with van der Waals surface area (Å²) in [7, 11) is 1.51.